The topological polar surface area (TPSA) is 103 Å². The number of nitrogens with zero attached hydrogens (tertiary/aromatic N) is 7. The van der Waals surface area contributed by atoms with Crippen LogP contribution in [0.3, 0.4) is 0 Å². The van der Waals surface area contributed by atoms with Gasteiger partial charge in [0.1, 0.15) is 0 Å². The lowest BCUT2D eigenvalue weighted by Gasteiger charge is -2.11. The van der Waals surface area contributed by atoms with E-state index in [1.807, 2.05) is 6.26 Å². The van der Waals surface area contributed by atoms with Gasteiger partial charge in [-0.25, -0.2) is 4.68 Å². The molecule has 1 amide bonds. The Bertz CT molecular complexity index is 1240. The molecule has 0 fully saturated rings. The van der Waals surface area contributed by atoms with Crippen molar-refractivity contribution in [1.82, 2.24) is 35.2 Å². The third-order valence-corrected chi connectivity index (χ3v) is 4.77. The summed E-state index contributed by atoms with van der Waals surface area (Å²) >= 11 is 1.36. The van der Waals surface area contributed by atoms with Gasteiger partial charge in [-0.2, -0.15) is 17.9 Å². The summed E-state index contributed by atoms with van der Waals surface area (Å²) in [6.45, 7) is 0. The predicted molar refractivity (Wildman–Crippen MR) is 105 cm³/mol. The van der Waals surface area contributed by atoms with Crippen LogP contribution in [0.15, 0.2) is 59.9 Å². The van der Waals surface area contributed by atoms with E-state index in [4.69, 9.17) is 0 Å². The van der Waals surface area contributed by atoms with Crippen molar-refractivity contribution < 1.29 is 18.0 Å². The average molecular weight is 446 g/mol. The Balaban J connectivity index is 1.57. The van der Waals surface area contributed by atoms with E-state index in [0.717, 1.165) is 16.9 Å². The quantitative estimate of drug-likeness (QED) is 0.470. The molecule has 0 saturated carbocycles. The number of hydrogen-bond donors (Lipinski definition) is 1. The summed E-state index contributed by atoms with van der Waals surface area (Å²) in [5, 5.41) is 22.0. The first kappa shape index (κ1) is 20.5. The van der Waals surface area contributed by atoms with Gasteiger partial charge in [-0.3, -0.25) is 4.79 Å². The van der Waals surface area contributed by atoms with Gasteiger partial charge >= 0.3 is 6.18 Å². The van der Waals surface area contributed by atoms with E-state index in [9.17, 15) is 18.0 Å². The molecule has 13 heteroatoms. The first-order valence-corrected chi connectivity index (χ1v) is 9.92. The fourth-order valence-electron chi connectivity index (χ4n) is 2.78. The van der Waals surface area contributed by atoms with E-state index in [1.54, 1.807) is 24.3 Å². The second kappa shape index (κ2) is 8.18. The number of benzene rings is 2. The Kier molecular flexibility index (Phi) is 5.42. The second-order valence-corrected chi connectivity index (χ2v) is 6.92. The summed E-state index contributed by atoms with van der Waals surface area (Å²) in [5.74, 6) is -0.630. The van der Waals surface area contributed by atoms with E-state index in [2.05, 4.69) is 31.2 Å². The second-order valence-electron chi connectivity index (χ2n) is 6.15. The summed E-state index contributed by atoms with van der Waals surface area (Å²) in [6, 6.07) is 11.7. The Labute approximate surface area is 177 Å². The molecule has 0 aliphatic heterocycles. The maximum Gasteiger partial charge on any atom is 0.418 e. The molecule has 0 bridgehead atoms. The van der Waals surface area contributed by atoms with Crippen LogP contribution in [0.4, 0.5) is 18.9 Å². The smallest absolute Gasteiger partial charge is 0.320 e. The van der Waals surface area contributed by atoms with Crippen LogP contribution in [0.2, 0.25) is 0 Å². The van der Waals surface area contributed by atoms with Gasteiger partial charge in [-0.1, -0.05) is 35.2 Å². The number of tetrazole rings is 1. The van der Waals surface area contributed by atoms with Crippen molar-refractivity contribution >= 4 is 23.4 Å². The van der Waals surface area contributed by atoms with Crippen molar-refractivity contribution in [2.75, 3.05) is 11.6 Å². The highest BCUT2D eigenvalue weighted by atomic mass is 32.2. The first-order valence-electron chi connectivity index (χ1n) is 8.70. The zero-order valence-corrected chi connectivity index (χ0v) is 16.6. The van der Waals surface area contributed by atoms with Gasteiger partial charge in [0.2, 0.25) is 5.16 Å². The molecule has 0 aliphatic rings. The minimum atomic E-state index is -4.57. The SMILES string of the molecule is CSc1nnnn1-c1cccc(NC(=O)c2cn(-c3ccccc3C(F)(F)F)nn2)c1. The lowest BCUT2D eigenvalue weighted by Crippen LogP contribution is -2.13. The molecule has 0 aliphatic carbocycles. The van der Waals surface area contributed by atoms with Crippen LogP contribution in [-0.2, 0) is 6.18 Å². The van der Waals surface area contributed by atoms with Crippen LogP contribution < -0.4 is 5.32 Å². The Morgan fingerprint density at radius 1 is 1.06 bits per heavy atom. The number of halogens is 3. The van der Waals surface area contributed by atoms with Crippen LogP contribution in [-0.4, -0.2) is 47.4 Å². The van der Waals surface area contributed by atoms with E-state index >= 15 is 0 Å². The van der Waals surface area contributed by atoms with E-state index in [-0.39, 0.29) is 11.4 Å². The van der Waals surface area contributed by atoms with Crippen molar-refractivity contribution in [3.05, 3.63) is 66.0 Å². The van der Waals surface area contributed by atoms with Gasteiger partial charge < -0.3 is 5.32 Å². The molecule has 1 N–H and O–H groups in total. The number of nitrogens with one attached hydrogen (secondary N) is 1. The van der Waals surface area contributed by atoms with Crippen LogP contribution in [0.5, 0.6) is 0 Å². The van der Waals surface area contributed by atoms with Gasteiger partial charge in [0, 0.05) is 5.69 Å². The zero-order valence-electron chi connectivity index (χ0n) is 15.8. The molecule has 158 valence electrons. The highest BCUT2D eigenvalue weighted by Crippen LogP contribution is 2.33. The molecule has 9 nitrogen and oxygen atoms in total. The number of carbonyl (C=O) groups is 1. The number of anilines is 1. The highest BCUT2D eigenvalue weighted by molar-refractivity contribution is 7.98. The Hall–Kier alpha value is -3.74. The lowest BCUT2D eigenvalue weighted by molar-refractivity contribution is -0.137. The molecule has 0 unspecified atom stereocenters. The number of hydrogen-bond acceptors (Lipinski definition) is 7. The van der Waals surface area contributed by atoms with Crippen LogP contribution in [0.25, 0.3) is 11.4 Å². The maximum absolute atomic E-state index is 13.2. The Morgan fingerprint density at radius 3 is 2.65 bits per heavy atom. The molecule has 4 rings (SSSR count). The summed E-state index contributed by atoms with van der Waals surface area (Å²) in [4.78, 5) is 12.6. The molecule has 0 radical (unpaired) electrons. The first-order chi connectivity index (χ1) is 14.9. The Morgan fingerprint density at radius 2 is 1.87 bits per heavy atom. The number of alkyl halides is 3. The number of thioether (sulfide) groups is 1. The third kappa shape index (κ3) is 4.26. The maximum atomic E-state index is 13.2. The fourth-order valence-corrected chi connectivity index (χ4v) is 3.21. The van der Waals surface area contributed by atoms with Crippen molar-refractivity contribution in [1.29, 1.82) is 0 Å². The minimum Gasteiger partial charge on any atom is -0.320 e. The summed E-state index contributed by atoms with van der Waals surface area (Å²) in [5.41, 5.74) is -0.211. The number of para-hydroxylation sites is 1. The molecule has 0 atom stereocenters. The standard InChI is InChI=1S/C18H13F3N8OS/c1-31-17-24-25-27-29(17)12-6-4-5-11(9-12)22-16(30)14-10-28(26-23-14)15-8-3-2-7-13(15)18(19,20)21/h2-10H,1H3,(H,22,30). The van der Waals surface area contributed by atoms with Gasteiger partial charge in [-0.15, -0.1) is 10.2 Å². The number of carbonyl (C=O) groups excluding carboxylic acids is 1. The van der Waals surface area contributed by atoms with E-state index < -0.39 is 17.6 Å². The summed E-state index contributed by atoms with van der Waals surface area (Å²) < 4.78 is 42.1. The molecule has 2 aromatic heterocycles. The van der Waals surface area contributed by atoms with Gasteiger partial charge in [0.05, 0.1) is 23.1 Å². The summed E-state index contributed by atoms with van der Waals surface area (Å²) in [7, 11) is 0. The predicted octanol–water partition coefficient (Wildman–Crippen LogP) is 3.24. The molecular formula is C18H13F3N8OS. The van der Waals surface area contributed by atoms with Crippen molar-refractivity contribution in [3.63, 3.8) is 0 Å². The third-order valence-electron chi connectivity index (χ3n) is 4.15. The van der Waals surface area contributed by atoms with Crippen LogP contribution in [0.1, 0.15) is 16.1 Å². The number of amides is 1. The summed E-state index contributed by atoms with van der Waals surface area (Å²) in [6.07, 6.45) is -1.61. The average Bonchev–Trinajstić information content (AvgIpc) is 3.43. The zero-order chi connectivity index (χ0) is 22.0. The molecule has 0 spiro atoms. The molecular weight excluding hydrogens is 433 g/mol. The number of aromatic nitrogens is 7. The molecule has 0 saturated heterocycles. The normalized spacial score (nSPS) is 11.5. The van der Waals surface area contributed by atoms with Gasteiger partial charge in [-0.05, 0) is 47.0 Å². The molecule has 31 heavy (non-hydrogen) atoms. The monoisotopic (exact) mass is 446 g/mol. The molecule has 2 aromatic carbocycles. The van der Waals surface area contributed by atoms with Crippen molar-refractivity contribution in [2.45, 2.75) is 11.3 Å². The van der Waals surface area contributed by atoms with Crippen LogP contribution in [0, 0.1) is 0 Å². The largest absolute Gasteiger partial charge is 0.418 e. The van der Waals surface area contributed by atoms with Crippen LogP contribution >= 0.6 is 11.8 Å². The van der Waals surface area contributed by atoms with Crippen molar-refractivity contribution in [2.24, 2.45) is 0 Å². The highest BCUT2D eigenvalue weighted by Gasteiger charge is 2.34. The van der Waals surface area contributed by atoms with E-state index in [0.29, 0.717) is 16.5 Å². The van der Waals surface area contributed by atoms with Gasteiger partial charge in [0.25, 0.3) is 5.91 Å². The molecule has 4 aromatic rings. The fraction of sp³-hybridized carbons (Fsp3) is 0.111. The number of rotatable bonds is 5. The van der Waals surface area contributed by atoms with Gasteiger partial charge in [0.15, 0.2) is 5.69 Å². The molecule has 2 heterocycles. The lowest BCUT2D eigenvalue weighted by atomic mass is 10.1. The van der Waals surface area contributed by atoms with E-state index in [1.165, 1.54) is 34.6 Å². The van der Waals surface area contributed by atoms with Crippen molar-refractivity contribution in [3.8, 4) is 11.4 Å². The minimum absolute atomic E-state index is 0.144.